The second kappa shape index (κ2) is 5.13. The number of ether oxygens (including phenoxy) is 1. The van der Waals surface area contributed by atoms with Crippen molar-refractivity contribution in [1.82, 2.24) is 15.0 Å². The fourth-order valence-electron chi connectivity index (χ4n) is 1.80. The second-order valence-corrected chi connectivity index (χ2v) is 5.53. The van der Waals surface area contributed by atoms with E-state index in [2.05, 4.69) is 9.97 Å². The van der Waals surface area contributed by atoms with E-state index in [1.807, 2.05) is 27.7 Å². The topological polar surface area (TPSA) is 64.5 Å². The van der Waals surface area contributed by atoms with Crippen LogP contribution in [0, 0.1) is 6.92 Å². The molecule has 1 aromatic rings. The zero-order valence-electron chi connectivity index (χ0n) is 11.7. The molecule has 0 spiro atoms. The lowest BCUT2D eigenvalue weighted by molar-refractivity contribution is -0.125. The number of hydroxylamine groups is 2. The molecule has 2 heterocycles. The van der Waals surface area contributed by atoms with Crippen LogP contribution in [0.5, 0.6) is 0 Å². The highest BCUT2D eigenvalue weighted by molar-refractivity contribution is 5.67. The highest BCUT2D eigenvalue weighted by atomic mass is 16.7. The van der Waals surface area contributed by atoms with Crippen LogP contribution in [0.3, 0.4) is 0 Å². The van der Waals surface area contributed by atoms with Gasteiger partial charge in [0.15, 0.2) is 0 Å². The molecule has 1 amide bonds. The number of rotatable bonds is 1. The van der Waals surface area contributed by atoms with Crippen molar-refractivity contribution in [3.05, 3.63) is 23.8 Å². The Morgan fingerprint density at radius 1 is 1.42 bits per heavy atom. The molecule has 6 nitrogen and oxygen atoms in total. The molecule has 1 aliphatic rings. The number of amides is 1. The predicted molar refractivity (Wildman–Crippen MR) is 68.2 cm³/mol. The predicted octanol–water partition coefficient (Wildman–Crippen LogP) is 2.40. The lowest BCUT2D eigenvalue weighted by Crippen LogP contribution is -2.36. The van der Waals surface area contributed by atoms with Gasteiger partial charge in [0.05, 0.1) is 24.2 Å². The Bertz CT molecular complexity index is 453. The van der Waals surface area contributed by atoms with Gasteiger partial charge >= 0.3 is 6.09 Å². The first kappa shape index (κ1) is 13.7. The minimum Gasteiger partial charge on any atom is -0.442 e. The molecule has 1 aromatic heterocycles. The molecule has 0 bridgehead atoms. The second-order valence-electron chi connectivity index (χ2n) is 5.53. The number of aryl methyl sites for hydroxylation is 1. The normalized spacial score (nSPS) is 19.6. The van der Waals surface area contributed by atoms with Crippen molar-refractivity contribution >= 4 is 6.09 Å². The summed E-state index contributed by atoms with van der Waals surface area (Å²) in [7, 11) is 0. The summed E-state index contributed by atoms with van der Waals surface area (Å²) < 4.78 is 5.31. The molecule has 0 aromatic carbocycles. The number of carbonyl (C=O) groups excluding carboxylic acids is 1. The van der Waals surface area contributed by atoms with Crippen molar-refractivity contribution in [2.45, 2.75) is 45.8 Å². The van der Waals surface area contributed by atoms with Gasteiger partial charge in [-0.05, 0) is 27.7 Å². The van der Waals surface area contributed by atoms with Crippen molar-refractivity contribution in [2.75, 3.05) is 6.61 Å². The van der Waals surface area contributed by atoms with Gasteiger partial charge in [0, 0.05) is 12.6 Å². The highest BCUT2D eigenvalue weighted by Gasteiger charge is 2.35. The molecule has 0 N–H and O–H groups in total. The molecule has 1 fully saturated rings. The molecule has 1 saturated heterocycles. The lowest BCUT2D eigenvalue weighted by Gasteiger charge is -2.26. The summed E-state index contributed by atoms with van der Waals surface area (Å²) in [5, 5.41) is 1.25. The monoisotopic (exact) mass is 265 g/mol. The van der Waals surface area contributed by atoms with Crippen molar-refractivity contribution in [1.29, 1.82) is 0 Å². The third kappa shape index (κ3) is 3.41. The quantitative estimate of drug-likeness (QED) is 0.780. The first-order chi connectivity index (χ1) is 8.87. The van der Waals surface area contributed by atoms with Crippen LogP contribution >= 0.6 is 0 Å². The zero-order chi connectivity index (χ0) is 14.0. The van der Waals surface area contributed by atoms with Gasteiger partial charge in [-0.25, -0.2) is 4.79 Å². The summed E-state index contributed by atoms with van der Waals surface area (Å²) in [4.78, 5) is 25.9. The molecule has 1 atom stereocenters. The van der Waals surface area contributed by atoms with E-state index in [9.17, 15) is 4.79 Å². The molecule has 19 heavy (non-hydrogen) atoms. The van der Waals surface area contributed by atoms with E-state index in [1.165, 1.54) is 5.06 Å². The van der Waals surface area contributed by atoms with E-state index in [0.29, 0.717) is 18.7 Å². The minimum absolute atomic E-state index is 0.233. The summed E-state index contributed by atoms with van der Waals surface area (Å²) in [5.41, 5.74) is 1.01. The van der Waals surface area contributed by atoms with E-state index in [-0.39, 0.29) is 6.04 Å². The largest absolute Gasteiger partial charge is 0.442 e. The van der Waals surface area contributed by atoms with Crippen LogP contribution in [0.4, 0.5) is 4.79 Å². The molecular formula is C13H19N3O3. The van der Waals surface area contributed by atoms with Gasteiger partial charge in [-0.2, -0.15) is 5.06 Å². The third-order valence-corrected chi connectivity index (χ3v) is 2.62. The maximum Gasteiger partial charge on any atom is 0.435 e. The van der Waals surface area contributed by atoms with Crippen LogP contribution in [0.25, 0.3) is 0 Å². The minimum atomic E-state index is -0.549. The molecule has 0 unspecified atom stereocenters. The molecule has 0 aliphatic carbocycles. The van der Waals surface area contributed by atoms with Gasteiger partial charge in [0.1, 0.15) is 11.6 Å². The Balaban J connectivity index is 2.12. The van der Waals surface area contributed by atoms with Gasteiger partial charge in [-0.15, -0.1) is 0 Å². The van der Waals surface area contributed by atoms with E-state index in [1.54, 1.807) is 12.4 Å². The van der Waals surface area contributed by atoms with E-state index in [0.717, 1.165) is 5.69 Å². The molecular weight excluding hydrogens is 246 g/mol. The fourth-order valence-corrected chi connectivity index (χ4v) is 1.80. The van der Waals surface area contributed by atoms with Crippen LogP contribution in [0.2, 0.25) is 0 Å². The maximum atomic E-state index is 12.0. The van der Waals surface area contributed by atoms with Crippen molar-refractivity contribution in [2.24, 2.45) is 0 Å². The average Bonchev–Trinajstić information content (AvgIpc) is 2.76. The van der Waals surface area contributed by atoms with E-state index in [4.69, 9.17) is 9.57 Å². The van der Waals surface area contributed by atoms with Crippen LogP contribution in [0.15, 0.2) is 12.4 Å². The fraction of sp³-hybridized carbons (Fsp3) is 0.615. The highest BCUT2D eigenvalue weighted by Crippen LogP contribution is 2.30. The Morgan fingerprint density at radius 3 is 2.74 bits per heavy atom. The van der Waals surface area contributed by atoms with Crippen molar-refractivity contribution in [3.8, 4) is 0 Å². The first-order valence-electron chi connectivity index (χ1n) is 6.30. The third-order valence-electron chi connectivity index (χ3n) is 2.62. The summed E-state index contributed by atoms with van der Waals surface area (Å²) >= 11 is 0. The van der Waals surface area contributed by atoms with Crippen molar-refractivity contribution < 1.29 is 14.4 Å². The Hall–Kier alpha value is -1.69. The lowest BCUT2D eigenvalue weighted by atomic mass is 10.1. The number of carbonyl (C=O) groups is 1. The Labute approximate surface area is 112 Å². The van der Waals surface area contributed by atoms with Crippen molar-refractivity contribution in [3.63, 3.8) is 0 Å². The Kier molecular flexibility index (Phi) is 3.71. The van der Waals surface area contributed by atoms with Crippen LogP contribution in [-0.2, 0) is 9.57 Å². The molecule has 1 aliphatic heterocycles. The molecule has 0 radical (unpaired) electrons. The summed E-state index contributed by atoms with van der Waals surface area (Å²) in [6, 6.07) is -0.233. The molecule has 0 saturated carbocycles. The smallest absolute Gasteiger partial charge is 0.435 e. The SMILES string of the molecule is Cc1cnc([C@H]2CCON2C(=O)OC(C)(C)C)cn1. The van der Waals surface area contributed by atoms with Gasteiger partial charge in [-0.1, -0.05) is 0 Å². The van der Waals surface area contributed by atoms with E-state index >= 15 is 0 Å². The Morgan fingerprint density at radius 2 is 2.16 bits per heavy atom. The van der Waals surface area contributed by atoms with E-state index < -0.39 is 11.7 Å². The van der Waals surface area contributed by atoms with Crippen LogP contribution < -0.4 is 0 Å². The van der Waals surface area contributed by atoms with Crippen LogP contribution in [-0.4, -0.2) is 33.3 Å². The number of hydrogen-bond donors (Lipinski definition) is 0. The number of aromatic nitrogens is 2. The summed E-state index contributed by atoms with van der Waals surface area (Å²) in [6.07, 6.45) is 3.56. The average molecular weight is 265 g/mol. The summed E-state index contributed by atoms with van der Waals surface area (Å²) in [5.74, 6) is 0. The van der Waals surface area contributed by atoms with Gasteiger partial charge in [0.25, 0.3) is 0 Å². The standard InChI is InChI=1S/C13H19N3O3/c1-9-7-15-10(8-14-9)11-5-6-18-16(11)12(17)19-13(2,3)4/h7-8,11H,5-6H2,1-4H3/t11-/m1/s1. The molecule has 2 rings (SSSR count). The number of nitrogens with zero attached hydrogens (tertiary/aromatic N) is 3. The number of hydrogen-bond acceptors (Lipinski definition) is 5. The first-order valence-corrected chi connectivity index (χ1v) is 6.30. The maximum absolute atomic E-state index is 12.0. The molecule has 6 heteroatoms. The van der Waals surface area contributed by atoms with Crippen LogP contribution in [0.1, 0.15) is 44.6 Å². The van der Waals surface area contributed by atoms with Gasteiger partial charge in [-0.3, -0.25) is 14.8 Å². The van der Waals surface area contributed by atoms with Gasteiger partial charge in [0.2, 0.25) is 0 Å². The summed E-state index contributed by atoms with van der Waals surface area (Å²) in [6.45, 7) is 7.80. The molecule has 104 valence electrons. The zero-order valence-corrected chi connectivity index (χ0v) is 11.7. The van der Waals surface area contributed by atoms with Gasteiger partial charge < -0.3 is 4.74 Å².